The molecule has 1 aromatic rings. The molecule has 2 atom stereocenters. The summed E-state index contributed by atoms with van der Waals surface area (Å²) in [6, 6.07) is 6.59. The minimum atomic E-state index is -3.58. The van der Waals surface area contributed by atoms with Gasteiger partial charge < -0.3 is 5.11 Å². The van der Waals surface area contributed by atoms with E-state index in [0.29, 0.717) is 0 Å². The number of sulfonamides is 1. The van der Waals surface area contributed by atoms with Gasteiger partial charge in [-0.3, -0.25) is 4.79 Å². The Kier molecular flexibility index (Phi) is 3.64. The van der Waals surface area contributed by atoms with E-state index in [-0.39, 0.29) is 23.9 Å². The molecule has 0 aliphatic carbocycles. The zero-order valence-electron chi connectivity index (χ0n) is 10.9. The van der Waals surface area contributed by atoms with E-state index in [9.17, 15) is 13.2 Å². The van der Waals surface area contributed by atoms with Crippen LogP contribution in [0, 0.1) is 18.8 Å². The molecule has 1 heterocycles. The Morgan fingerprint density at radius 2 is 1.84 bits per heavy atom. The minimum Gasteiger partial charge on any atom is -0.481 e. The molecule has 1 aromatic carbocycles. The number of carbonyl (C=O) groups is 1. The molecule has 1 fully saturated rings. The van der Waals surface area contributed by atoms with Crippen molar-refractivity contribution in [1.29, 1.82) is 0 Å². The van der Waals surface area contributed by atoms with Gasteiger partial charge in [0.1, 0.15) is 0 Å². The topological polar surface area (TPSA) is 74.7 Å². The van der Waals surface area contributed by atoms with Gasteiger partial charge in [0.25, 0.3) is 0 Å². The van der Waals surface area contributed by atoms with Crippen LogP contribution >= 0.6 is 0 Å². The summed E-state index contributed by atoms with van der Waals surface area (Å²) in [5.41, 5.74) is 0.983. The molecular weight excluding hydrogens is 266 g/mol. The van der Waals surface area contributed by atoms with Crippen molar-refractivity contribution in [2.45, 2.75) is 18.7 Å². The summed E-state index contributed by atoms with van der Waals surface area (Å²) in [4.78, 5) is 11.3. The molecular formula is C13H17NO4S. The van der Waals surface area contributed by atoms with Gasteiger partial charge in [0.05, 0.1) is 10.8 Å². The van der Waals surface area contributed by atoms with E-state index in [1.165, 1.54) is 4.31 Å². The highest BCUT2D eigenvalue weighted by Crippen LogP contribution is 2.28. The number of aliphatic carboxylic acids is 1. The van der Waals surface area contributed by atoms with Crippen molar-refractivity contribution in [3.05, 3.63) is 29.8 Å². The lowest BCUT2D eigenvalue weighted by Gasteiger charge is -2.16. The molecule has 0 radical (unpaired) electrons. The summed E-state index contributed by atoms with van der Waals surface area (Å²) in [6.07, 6.45) is 0. The van der Waals surface area contributed by atoms with Crippen LogP contribution in [-0.2, 0) is 14.8 Å². The molecule has 5 nitrogen and oxygen atoms in total. The number of aryl methyl sites for hydroxylation is 1. The molecule has 6 heteroatoms. The van der Waals surface area contributed by atoms with Crippen LogP contribution in [0.2, 0.25) is 0 Å². The maximum absolute atomic E-state index is 12.4. The Morgan fingerprint density at radius 3 is 2.32 bits per heavy atom. The highest BCUT2D eigenvalue weighted by molar-refractivity contribution is 7.89. The van der Waals surface area contributed by atoms with E-state index in [2.05, 4.69) is 0 Å². The van der Waals surface area contributed by atoms with Gasteiger partial charge in [0.15, 0.2) is 0 Å². The van der Waals surface area contributed by atoms with Crippen molar-refractivity contribution in [3.63, 3.8) is 0 Å². The molecule has 0 spiro atoms. The molecule has 0 bridgehead atoms. The quantitative estimate of drug-likeness (QED) is 0.908. The molecule has 0 saturated carbocycles. The maximum Gasteiger partial charge on any atom is 0.308 e. The first-order valence-electron chi connectivity index (χ1n) is 6.12. The second-order valence-corrected chi connectivity index (χ2v) is 7.00. The molecule has 0 unspecified atom stereocenters. The van der Waals surface area contributed by atoms with Gasteiger partial charge in [0, 0.05) is 13.1 Å². The molecule has 2 rings (SSSR count). The third-order valence-corrected chi connectivity index (χ3v) is 5.40. The third kappa shape index (κ3) is 2.64. The first-order valence-corrected chi connectivity index (χ1v) is 7.56. The Hall–Kier alpha value is -1.40. The molecule has 1 saturated heterocycles. The molecule has 104 valence electrons. The van der Waals surface area contributed by atoms with E-state index >= 15 is 0 Å². The molecule has 1 aliphatic rings. The van der Waals surface area contributed by atoms with E-state index in [0.717, 1.165) is 5.56 Å². The fourth-order valence-corrected chi connectivity index (χ4v) is 3.87. The average molecular weight is 283 g/mol. The molecule has 1 N–H and O–H groups in total. The van der Waals surface area contributed by atoms with Gasteiger partial charge in [0.2, 0.25) is 10.0 Å². The maximum atomic E-state index is 12.4. The van der Waals surface area contributed by atoms with Gasteiger partial charge in [-0.05, 0) is 25.0 Å². The van der Waals surface area contributed by atoms with E-state index in [1.807, 2.05) is 6.92 Å². The van der Waals surface area contributed by atoms with Crippen molar-refractivity contribution in [2.75, 3.05) is 13.1 Å². The predicted molar refractivity (Wildman–Crippen MR) is 70.2 cm³/mol. The molecule has 19 heavy (non-hydrogen) atoms. The Bertz CT molecular complexity index is 579. The second kappa shape index (κ2) is 4.94. The summed E-state index contributed by atoms with van der Waals surface area (Å²) < 4.78 is 26.0. The van der Waals surface area contributed by atoms with Crippen LogP contribution in [-0.4, -0.2) is 36.9 Å². The van der Waals surface area contributed by atoms with Crippen LogP contribution in [0.1, 0.15) is 12.5 Å². The fourth-order valence-electron chi connectivity index (χ4n) is 2.30. The minimum absolute atomic E-state index is 0.0483. The molecule has 0 amide bonds. The van der Waals surface area contributed by atoms with Crippen LogP contribution in [0.15, 0.2) is 29.2 Å². The Balaban J connectivity index is 2.27. The van der Waals surface area contributed by atoms with E-state index < -0.39 is 21.9 Å². The van der Waals surface area contributed by atoms with Crippen LogP contribution in [0.3, 0.4) is 0 Å². The summed E-state index contributed by atoms with van der Waals surface area (Å²) >= 11 is 0. The number of hydrogen-bond donors (Lipinski definition) is 1. The number of rotatable bonds is 3. The van der Waals surface area contributed by atoms with Crippen molar-refractivity contribution in [2.24, 2.45) is 11.8 Å². The normalized spacial score (nSPS) is 24.5. The lowest BCUT2D eigenvalue weighted by molar-refractivity contribution is -0.142. The Morgan fingerprint density at radius 1 is 1.26 bits per heavy atom. The average Bonchev–Trinajstić information content (AvgIpc) is 2.72. The SMILES string of the molecule is Cc1ccc(S(=O)(=O)N2C[C@@H](C)[C@H](C(=O)O)C2)cc1. The monoisotopic (exact) mass is 283 g/mol. The van der Waals surface area contributed by atoms with Crippen molar-refractivity contribution < 1.29 is 18.3 Å². The van der Waals surface area contributed by atoms with Gasteiger partial charge in [-0.25, -0.2) is 8.42 Å². The summed E-state index contributed by atoms with van der Waals surface area (Å²) in [6.45, 7) is 3.96. The first-order chi connectivity index (χ1) is 8.82. The zero-order chi connectivity index (χ0) is 14.2. The largest absolute Gasteiger partial charge is 0.481 e. The van der Waals surface area contributed by atoms with Crippen molar-refractivity contribution in [3.8, 4) is 0 Å². The highest BCUT2D eigenvalue weighted by atomic mass is 32.2. The van der Waals surface area contributed by atoms with E-state index in [1.54, 1.807) is 31.2 Å². The van der Waals surface area contributed by atoms with Gasteiger partial charge in [-0.1, -0.05) is 24.6 Å². The van der Waals surface area contributed by atoms with Gasteiger partial charge in [-0.2, -0.15) is 4.31 Å². The van der Waals surface area contributed by atoms with Crippen LogP contribution in [0.25, 0.3) is 0 Å². The molecule has 1 aliphatic heterocycles. The van der Waals surface area contributed by atoms with Crippen molar-refractivity contribution >= 4 is 16.0 Å². The number of carboxylic acids is 1. The van der Waals surface area contributed by atoms with Crippen LogP contribution in [0.4, 0.5) is 0 Å². The zero-order valence-corrected chi connectivity index (χ0v) is 11.7. The first kappa shape index (κ1) is 14.0. The smallest absolute Gasteiger partial charge is 0.308 e. The summed E-state index contributed by atoms with van der Waals surface area (Å²) in [5.74, 6) is -1.73. The fraction of sp³-hybridized carbons (Fsp3) is 0.462. The van der Waals surface area contributed by atoms with Crippen molar-refractivity contribution in [1.82, 2.24) is 4.31 Å². The van der Waals surface area contributed by atoms with Crippen LogP contribution in [0.5, 0.6) is 0 Å². The number of hydrogen-bond acceptors (Lipinski definition) is 3. The predicted octanol–water partition coefficient (Wildman–Crippen LogP) is 1.34. The second-order valence-electron chi connectivity index (χ2n) is 5.06. The number of carboxylic acid groups (broad SMARTS) is 1. The lowest BCUT2D eigenvalue weighted by Crippen LogP contribution is -2.30. The summed E-state index contributed by atoms with van der Waals surface area (Å²) in [5, 5.41) is 9.05. The van der Waals surface area contributed by atoms with Gasteiger partial charge >= 0.3 is 5.97 Å². The summed E-state index contributed by atoms with van der Waals surface area (Å²) in [7, 11) is -3.58. The van der Waals surface area contributed by atoms with Crippen LogP contribution < -0.4 is 0 Å². The highest BCUT2D eigenvalue weighted by Gasteiger charge is 2.40. The number of nitrogens with zero attached hydrogens (tertiary/aromatic N) is 1. The third-order valence-electron chi connectivity index (χ3n) is 3.55. The lowest BCUT2D eigenvalue weighted by atomic mass is 9.99. The standard InChI is InChI=1S/C13H17NO4S/c1-9-3-5-11(6-4-9)19(17,18)14-7-10(2)12(8-14)13(15)16/h3-6,10,12H,7-8H2,1-2H3,(H,15,16)/t10-,12-/m1/s1. The molecule has 0 aromatic heterocycles. The Labute approximate surface area is 112 Å². The number of benzene rings is 1. The van der Waals surface area contributed by atoms with Gasteiger partial charge in [-0.15, -0.1) is 0 Å². The van der Waals surface area contributed by atoms with E-state index in [4.69, 9.17) is 5.11 Å².